The van der Waals surface area contributed by atoms with Crippen LogP contribution in [0, 0.1) is 11.3 Å². The number of carbonyl (C=O) groups excluding carboxylic acids is 3. The Morgan fingerprint density at radius 2 is 1.61 bits per heavy atom. The molecule has 0 aromatic heterocycles. The van der Waals surface area contributed by atoms with Crippen molar-refractivity contribution in [1.29, 1.82) is 0 Å². The Morgan fingerprint density at radius 1 is 0.972 bits per heavy atom. The van der Waals surface area contributed by atoms with Crippen LogP contribution < -0.4 is 0 Å². The lowest BCUT2D eigenvalue weighted by Crippen LogP contribution is -2.77. The molecule has 0 amide bonds. The summed E-state index contributed by atoms with van der Waals surface area (Å²) in [6.07, 6.45) is 1.25. The second-order valence-corrected chi connectivity index (χ2v) is 11.3. The summed E-state index contributed by atoms with van der Waals surface area (Å²) in [7, 11) is 0. The van der Waals surface area contributed by atoms with Crippen LogP contribution in [0.25, 0.3) is 6.08 Å². The van der Waals surface area contributed by atoms with Crippen molar-refractivity contribution in [1.82, 2.24) is 0 Å². The molecule has 0 radical (unpaired) electrons. The molecule has 2 bridgehead atoms. The van der Waals surface area contributed by atoms with Gasteiger partial charge in [-0.25, -0.2) is 4.79 Å². The summed E-state index contributed by atoms with van der Waals surface area (Å²) < 4.78 is 24.2. The van der Waals surface area contributed by atoms with E-state index in [-0.39, 0.29) is 12.3 Å². The average molecular weight is 501 g/mol. The van der Waals surface area contributed by atoms with Gasteiger partial charge in [0.1, 0.15) is 17.8 Å². The number of fused-ring (bicyclic) bond motifs is 1. The highest BCUT2D eigenvalue weighted by Gasteiger charge is 2.79. The Kier molecular flexibility index (Phi) is 6.58. The van der Waals surface area contributed by atoms with E-state index in [1.165, 1.54) is 19.9 Å². The molecule has 1 aliphatic heterocycles. The van der Waals surface area contributed by atoms with Crippen LogP contribution in [-0.2, 0) is 33.3 Å². The number of carbonyl (C=O) groups is 3. The normalized spacial score (nSPS) is 38.8. The van der Waals surface area contributed by atoms with Crippen molar-refractivity contribution in [3.05, 3.63) is 42.0 Å². The predicted molar refractivity (Wildman–Crippen MR) is 130 cm³/mol. The maximum atomic E-state index is 13.0. The second-order valence-electron chi connectivity index (χ2n) is 11.3. The Bertz CT molecular complexity index is 1060. The first-order chi connectivity index (χ1) is 16.7. The highest BCUT2D eigenvalue weighted by molar-refractivity contribution is 5.87. The average Bonchev–Trinajstić information content (AvgIpc) is 3.02. The zero-order valence-corrected chi connectivity index (χ0v) is 21.8. The maximum Gasteiger partial charge on any atom is 0.331 e. The Morgan fingerprint density at radius 3 is 2.22 bits per heavy atom. The molecule has 3 aliphatic rings. The molecule has 1 aromatic rings. The van der Waals surface area contributed by atoms with Gasteiger partial charge in [0.15, 0.2) is 6.10 Å². The molecule has 3 fully saturated rings. The van der Waals surface area contributed by atoms with Crippen LogP contribution in [0.15, 0.2) is 36.4 Å². The molecule has 1 heterocycles. The highest BCUT2D eigenvalue weighted by atomic mass is 16.6. The lowest BCUT2D eigenvalue weighted by Gasteiger charge is -2.63. The van der Waals surface area contributed by atoms with Gasteiger partial charge in [0.05, 0.1) is 16.6 Å². The number of aliphatic hydroxyl groups is 1. The molecular weight excluding hydrogens is 464 g/mol. The second kappa shape index (κ2) is 8.99. The van der Waals surface area contributed by atoms with Gasteiger partial charge in [0.2, 0.25) is 0 Å². The van der Waals surface area contributed by atoms with Crippen molar-refractivity contribution in [3.8, 4) is 0 Å². The van der Waals surface area contributed by atoms with Gasteiger partial charge >= 0.3 is 17.9 Å². The van der Waals surface area contributed by atoms with Gasteiger partial charge in [-0.2, -0.15) is 0 Å². The van der Waals surface area contributed by atoms with Crippen LogP contribution in [0.3, 0.4) is 0 Å². The Labute approximate surface area is 211 Å². The fourth-order valence-corrected chi connectivity index (χ4v) is 6.77. The van der Waals surface area contributed by atoms with Gasteiger partial charge in [0, 0.05) is 26.3 Å². The number of esters is 3. The first kappa shape index (κ1) is 26.4. The minimum absolute atomic E-state index is 0.0114. The van der Waals surface area contributed by atoms with Gasteiger partial charge < -0.3 is 24.1 Å². The zero-order valence-electron chi connectivity index (χ0n) is 21.8. The Balaban J connectivity index is 1.78. The number of hydrogen-bond acceptors (Lipinski definition) is 8. The van der Waals surface area contributed by atoms with E-state index < -0.39 is 58.4 Å². The SMILES string of the molecule is CC(=O)OC1CC(C)(O)C23CC(CC(OC(=O)C=Cc4ccccc4)C2(C)C1OC(C)=O)C(C)(C)O3. The molecule has 1 N–H and O–H groups in total. The third-order valence-corrected chi connectivity index (χ3v) is 8.47. The van der Waals surface area contributed by atoms with E-state index in [9.17, 15) is 19.5 Å². The summed E-state index contributed by atoms with van der Waals surface area (Å²) in [6, 6.07) is 9.37. The van der Waals surface area contributed by atoms with Crippen molar-refractivity contribution in [2.24, 2.45) is 11.3 Å². The van der Waals surface area contributed by atoms with Crippen LogP contribution in [0.1, 0.15) is 66.4 Å². The monoisotopic (exact) mass is 500 g/mol. The summed E-state index contributed by atoms with van der Waals surface area (Å²) in [5, 5.41) is 11.9. The first-order valence-corrected chi connectivity index (χ1v) is 12.4. The zero-order chi connectivity index (χ0) is 26.5. The van der Waals surface area contributed by atoms with E-state index >= 15 is 0 Å². The summed E-state index contributed by atoms with van der Waals surface area (Å²) in [4.78, 5) is 37.3. The highest BCUT2D eigenvalue weighted by Crippen LogP contribution is 2.68. The fourth-order valence-electron chi connectivity index (χ4n) is 6.77. The summed E-state index contributed by atoms with van der Waals surface area (Å²) >= 11 is 0. The van der Waals surface area contributed by atoms with E-state index in [1.54, 1.807) is 19.9 Å². The van der Waals surface area contributed by atoms with E-state index in [0.29, 0.717) is 12.8 Å². The molecule has 36 heavy (non-hydrogen) atoms. The van der Waals surface area contributed by atoms with E-state index in [2.05, 4.69) is 0 Å². The largest absolute Gasteiger partial charge is 0.458 e. The molecule has 196 valence electrons. The number of ether oxygens (including phenoxy) is 4. The van der Waals surface area contributed by atoms with E-state index in [4.69, 9.17) is 18.9 Å². The lowest BCUT2D eigenvalue weighted by atomic mass is 9.48. The molecular formula is C28H36O8. The molecule has 1 aromatic carbocycles. The summed E-state index contributed by atoms with van der Waals surface area (Å²) in [5.74, 6) is -1.71. The molecule has 2 saturated carbocycles. The standard InChI is InChI=1S/C28H36O8/c1-17(29)33-21-16-26(5,32)28-15-20(25(3,4)36-28)14-22(27(28,6)24(21)34-18(2)30)35-23(31)13-12-19-10-8-7-9-11-19/h7-13,20-22,24,32H,14-16H2,1-6H3. The molecule has 1 spiro atoms. The van der Waals surface area contributed by atoms with Crippen LogP contribution >= 0.6 is 0 Å². The molecule has 2 aliphatic carbocycles. The molecule has 4 rings (SSSR count). The number of hydrogen-bond donors (Lipinski definition) is 1. The van der Waals surface area contributed by atoms with Crippen LogP contribution in [0.5, 0.6) is 0 Å². The van der Waals surface area contributed by atoms with E-state index in [1.807, 2.05) is 44.2 Å². The van der Waals surface area contributed by atoms with Gasteiger partial charge in [-0.15, -0.1) is 0 Å². The van der Waals surface area contributed by atoms with Crippen LogP contribution in [0.2, 0.25) is 0 Å². The maximum absolute atomic E-state index is 13.0. The molecule has 1 saturated heterocycles. The summed E-state index contributed by atoms with van der Waals surface area (Å²) in [5.41, 5.74) is -3.66. The summed E-state index contributed by atoms with van der Waals surface area (Å²) in [6.45, 7) is 9.93. The Hall–Kier alpha value is -2.71. The van der Waals surface area contributed by atoms with Crippen molar-refractivity contribution in [3.63, 3.8) is 0 Å². The van der Waals surface area contributed by atoms with E-state index in [0.717, 1.165) is 5.56 Å². The van der Waals surface area contributed by atoms with Crippen LogP contribution in [-0.4, -0.2) is 58.1 Å². The molecule has 7 atom stereocenters. The number of benzene rings is 1. The van der Waals surface area contributed by atoms with Gasteiger partial charge in [-0.3, -0.25) is 9.59 Å². The first-order valence-electron chi connectivity index (χ1n) is 12.4. The molecule has 8 nitrogen and oxygen atoms in total. The smallest absolute Gasteiger partial charge is 0.331 e. The predicted octanol–water partition coefficient (Wildman–Crippen LogP) is 3.59. The van der Waals surface area contributed by atoms with Crippen molar-refractivity contribution < 1.29 is 38.4 Å². The van der Waals surface area contributed by atoms with Gasteiger partial charge in [-0.05, 0) is 58.1 Å². The van der Waals surface area contributed by atoms with Crippen molar-refractivity contribution in [2.45, 2.75) is 95.9 Å². The topological polar surface area (TPSA) is 108 Å². The lowest BCUT2D eigenvalue weighted by molar-refractivity contribution is -0.325. The fraction of sp³-hybridized carbons (Fsp3) is 0.607. The quantitative estimate of drug-likeness (QED) is 0.371. The third kappa shape index (κ3) is 4.24. The van der Waals surface area contributed by atoms with Crippen molar-refractivity contribution >= 4 is 24.0 Å². The van der Waals surface area contributed by atoms with Crippen molar-refractivity contribution in [2.75, 3.05) is 0 Å². The van der Waals surface area contributed by atoms with Gasteiger partial charge in [0.25, 0.3) is 0 Å². The molecule has 7 unspecified atom stereocenters. The molecule has 8 heteroatoms. The number of rotatable bonds is 5. The van der Waals surface area contributed by atoms with Gasteiger partial charge in [-0.1, -0.05) is 30.3 Å². The minimum Gasteiger partial charge on any atom is -0.458 e. The van der Waals surface area contributed by atoms with Crippen LogP contribution in [0.4, 0.5) is 0 Å². The minimum atomic E-state index is -1.46. The third-order valence-electron chi connectivity index (χ3n) is 8.47.